The van der Waals surface area contributed by atoms with E-state index in [4.69, 9.17) is 4.74 Å². The predicted molar refractivity (Wildman–Crippen MR) is 128 cm³/mol. The largest absolute Gasteiger partial charge is 0.466 e. The molecule has 0 radical (unpaired) electrons. The van der Waals surface area contributed by atoms with Gasteiger partial charge in [0.15, 0.2) is 0 Å². The van der Waals surface area contributed by atoms with Gasteiger partial charge < -0.3 is 4.74 Å². The maximum atomic E-state index is 11.7. The highest BCUT2D eigenvalue weighted by molar-refractivity contribution is 5.69. The van der Waals surface area contributed by atoms with Crippen LogP contribution in [0.25, 0.3) is 0 Å². The summed E-state index contributed by atoms with van der Waals surface area (Å²) in [6, 6.07) is 0. The molecule has 0 aromatic rings. The zero-order valence-corrected chi connectivity index (χ0v) is 20.3. The van der Waals surface area contributed by atoms with E-state index in [1.807, 2.05) is 0 Å². The summed E-state index contributed by atoms with van der Waals surface area (Å²) in [4.78, 5) is 11.7. The molecule has 0 rings (SSSR count). The molecule has 0 aromatic heterocycles. The topological polar surface area (TPSA) is 26.3 Å². The molecule has 0 bridgehead atoms. The van der Waals surface area contributed by atoms with Gasteiger partial charge in [-0.2, -0.15) is 0 Å². The van der Waals surface area contributed by atoms with Crippen molar-refractivity contribution in [2.75, 3.05) is 6.61 Å². The molecule has 0 spiro atoms. The molecule has 0 amide bonds. The fraction of sp³-hybridized carbons (Fsp3) is 0.963. The number of carbonyl (C=O) groups is 1. The zero-order chi connectivity index (χ0) is 21.3. The Labute approximate surface area is 184 Å². The molecule has 174 valence electrons. The van der Waals surface area contributed by atoms with Crippen molar-refractivity contribution in [1.82, 2.24) is 0 Å². The molecule has 2 nitrogen and oxygen atoms in total. The molecule has 0 aliphatic heterocycles. The van der Waals surface area contributed by atoms with E-state index in [1.165, 1.54) is 128 Å². The number of rotatable bonds is 24. The Morgan fingerprint density at radius 1 is 0.448 bits per heavy atom. The lowest BCUT2D eigenvalue weighted by Gasteiger charge is -2.05. The molecule has 0 unspecified atom stereocenters. The summed E-state index contributed by atoms with van der Waals surface area (Å²) in [5.41, 5.74) is 0. The molecular formula is C27H54O2. The number of unbranched alkanes of at least 4 members (excludes halogenated alkanes) is 20. The number of esters is 1. The molecule has 0 aromatic carbocycles. The maximum Gasteiger partial charge on any atom is 0.305 e. The normalized spacial score (nSPS) is 11.1. The second-order valence-electron chi connectivity index (χ2n) is 9.04. The third-order valence-corrected chi connectivity index (χ3v) is 6.00. The smallest absolute Gasteiger partial charge is 0.305 e. The summed E-state index contributed by atoms with van der Waals surface area (Å²) in [6.45, 7) is 5.17. The van der Waals surface area contributed by atoms with Crippen LogP contribution < -0.4 is 0 Å². The van der Waals surface area contributed by atoms with E-state index in [1.54, 1.807) is 0 Å². The van der Waals surface area contributed by atoms with Gasteiger partial charge >= 0.3 is 5.97 Å². The summed E-state index contributed by atoms with van der Waals surface area (Å²) in [5, 5.41) is 0. The Morgan fingerprint density at radius 3 is 1.14 bits per heavy atom. The van der Waals surface area contributed by atoms with Crippen LogP contribution >= 0.6 is 0 Å². The van der Waals surface area contributed by atoms with Crippen molar-refractivity contribution in [2.24, 2.45) is 0 Å². The van der Waals surface area contributed by atoms with E-state index in [-0.39, 0.29) is 5.97 Å². The average molecular weight is 411 g/mol. The highest BCUT2D eigenvalue weighted by atomic mass is 16.5. The van der Waals surface area contributed by atoms with Gasteiger partial charge in [0.1, 0.15) is 0 Å². The zero-order valence-electron chi connectivity index (χ0n) is 20.3. The highest BCUT2D eigenvalue weighted by Crippen LogP contribution is 2.13. The third kappa shape index (κ3) is 25.4. The highest BCUT2D eigenvalue weighted by Gasteiger charge is 2.02. The molecule has 0 fully saturated rings. The molecule has 0 atom stereocenters. The van der Waals surface area contributed by atoms with E-state index in [2.05, 4.69) is 13.8 Å². The molecular weight excluding hydrogens is 356 g/mol. The van der Waals surface area contributed by atoms with Crippen molar-refractivity contribution in [3.05, 3.63) is 0 Å². The molecule has 0 aliphatic carbocycles. The van der Waals surface area contributed by atoms with Gasteiger partial charge in [-0.15, -0.1) is 0 Å². The van der Waals surface area contributed by atoms with Crippen LogP contribution in [0.2, 0.25) is 0 Å². The molecule has 0 saturated carbocycles. The SMILES string of the molecule is CCCCCCCCCCCCCCCCC(=O)OCCCCCCCCCC. The first-order valence-electron chi connectivity index (χ1n) is 13.5. The minimum Gasteiger partial charge on any atom is -0.466 e. The first kappa shape index (κ1) is 28.5. The van der Waals surface area contributed by atoms with Crippen LogP contribution in [0.3, 0.4) is 0 Å². The average Bonchev–Trinajstić information content (AvgIpc) is 2.72. The van der Waals surface area contributed by atoms with Gasteiger partial charge in [-0.1, -0.05) is 142 Å². The van der Waals surface area contributed by atoms with Crippen molar-refractivity contribution >= 4 is 5.97 Å². The fourth-order valence-electron chi connectivity index (χ4n) is 3.96. The summed E-state index contributed by atoms with van der Waals surface area (Å²) in [5.74, 6) is 0.0203. The lowest BCUT2D eigenvalue weighted by atomic mass is 10.0. The van der Waals surface area contributed by atoms with Crippen LogP contribution in [-0.2, 0) is 9.53 Å². The van der Waals surface area contributed by atoms with Gasteiger partial charge in [0, 0.05) is 6.42 Å². The minimum atomic E-state index is 0.0203. The summed E-state index contributed by atoms with van der Waals surface area (Å²) in [6.07, 6.45) is 29.9. The Balaban J connectivity index is 3.13. The quantitative estimate of drug-likeness (QED) is 0.117. The van der Waals surface area contributed by atoms with E-state index in [0.29, 0.717) is 13.0 Å². The van der Waals surface area contributed by atoms with E-state index in [9.17, 15) is 4.79 Å². The summed E-state index contributed by atoms with van der Waals surface area (Å²) in [7, 11) is 0. The van der Waals surface area contributed by atoms with Crippen molar-refractivity contribution in [3.8, 4) is 0 Å². The summed E-state index contributed by atoms with van der Waals surface area (Å²) >= 11 is 0. The first-order valence-corrected chi connectivity index (χ1v) is 13.5. The van der Waals surface area contributed by atoms with Crippen LogP contribution in [0.5, 0.6) is 0 Å². The number of carbonyl (C=O) groups excluding carboxylic acids is 1. The van der Waals surface area contributed by atoms with Crippen LogP contribution in [0.4, 0.5) is 0 Å². The molecule has 0 aliphatic rings. The van der Waals surface area contributed by atoms with E-state index in [0.717, 1.165) is 12.8 Å². The lowest BCUT2D eigenvalue weighted by molar-refractivity contribution is -0.143. The second-order valence-corrected chi connectivity index (χ2v) is 9.04. The Morgan fingerprint density at radius 2 is 0.759 bits per heavy atom. The fourth-order valence-corrected chi connectivity index (χ4v) is 3.96. The van der Waals surface area contributed by atoms with Gasteiger partial charge in [0.2, 0.25) is 0 Å². The third-order valence-electron chi connectivity index (χ3n) is 6.00. The maximum absolute atomic E-state index is 11.7. The minimum absolute atomic E-state index is 0.0203. The molecule has 2 heteroatoms. The standard InChI is InChI=1S/C27H54O2/c1-3-5-7-9-11-13-14-15-16-17-18-19-21-23-25-27(28)29-26-24-22-20-12-10-8-6-4-2/h3-26H2,1-2H3. The van der Waals surface area contributed by atoms with Crippen LogP contribution in [0, 0.1) is 0 Å². The number of hydrogen-bond donors (Lipinski definition) is 0. The monoisotopic (exact) mass is 410 g/mol. The Hall–Kier alpha value is -0.530. The molecule has 0 saturated heterocycles. The lowest BCUT2D eigenvalue weighted by Crippen LogP contribution is -2.05. The van der Waals surface area contributed by atoms with E-state index >= 15 is 0 Å². The summed E-state index contributed by atoms with van der Waals surface area (Å²) < 4.78 is 5.36. The second kappa shape index (κ2) is 25.5. The first-order chi connectivity index (χ1) is 14.3. The Bertz CT molecular complexity index is 314. The van der Waals surface area contributed by atoms with Gasteiger partial charge in [0.05, 0.1) is 6.61 Å². The van der Waals surface area contributed by atoms with Gasteiger partial charge in [-0.05, 0) is 12.8 Å². The number of ether oxygens (including phenoxy) is 1. The van der Waals surface area contributed by atoms with Crippen molar-refractivity contribution in [2.45, 2.75) is 162 Å². The molecule has 29 heavy (non-hydrogen) atoms. The van der Waals surface area contributed by atoms with Crippen LogP contribution in [0.15, 0.2) is 0 Å². The molecule has 0 N–H and O–H groups in total. The van der Waals surface area contributed by atoms with Gasteiger partial charge in [0.25, 0.3) is 0 Å². The Kier molecular flexibility index (Phi) is 25.0. The van der Waals surface area contributed by atoms with Crippen molar-refractivity contribution < 1.29 is 9.53 Å². The molecule has 0 heterocycles. The van der Waals surface area contributed by atoms with E-state index < -0.39 is 0 Å². The number of hydrogen-bond acceptors (Lipinski definition) is 2. The van der Waals surface area contributed by atoms with Crippen LogP contribution in [-0.4, -0.2) is 12.6 Å². The van der Waals surface area contributed by atoms with Gasteiger partial charge in [-0.3, -0.25) is 4.79 Å². The van der Waals surface area contributed by atoms with Crippen molar-refractivity contribution in [3.63, 3.8) is 0 Å². The van der Waals surface area contributed by atoms with Gasteiger partial charge in [-0.25, -0.2) is 0 Å². The van der Waals surface area contributed by atoms with Crippen molar-refractivity contribution in [1.29, 1.82) is 0 Å². The predicted octanol–water partition coefficient (Wildman–Crippen LogP) is 9.54. The van der Waals surface area contributed by atoms with Crippen LogP contribution in [0.1, 0.15) is 162 Å².